The average molecular weight is 307 g/mol. The van der Waals surface area contributed by atoms with Crippen molar-refractivity contribution in [2.45, 2.75) is 40.2 Å². The molecule has 1 aromatic carbocycles. The molecule has 1 rings (SSSR count). The molecule has 0 aliphatic rings. The molecule has 0 aromatic heterocycles. The van der Waals surface area contributed by atoms with Gasteiger partial charge in [-0.1, -0.05) is 12.1 Å². The van der Waals surface area contributed by atoms with Gasteiger partial charge in [-0.3, -0.25) is 4.79 Å². The summed E-state index contributed by atoms with van der Waals surface area (Å²) >= 11 is 5.39. The fourth-order valence-electron chi connectivity index (χ4n) is 1.88. The lowest BCUT2D eigenvalue weighted by Gasteiger charge is -2.27. The van der Waals surface area contributed by atoms with Crippen LogP contribution in [0, 0.1) is 6.92 Å². The second-order valence-corrected chi connectivity index (χ2v) is 6.50. The van der Waals surface area contributed by atoms with Gasteiger partial charge in [0, 0.05) is 17.8 Å². The first-order valence-electron chi connectivity index (χ1n) is 7.15. The Hall–Kier alpha value is -1.62. The molecule has 0 fully saturated rings. The van der Waals surface area contributed by atoms with Gasteiger partial charge in [-0.2, -0.15) is 0 Å². The molecule has 1 aromatic rings. The van der Waals surface area contributed by atoms with Crippen LogP contribution in [0.4, 0.5) is 5.69 Å². The van der Waals surface area contributed by atoms with Crippen molar-refractivity contribution in [2.24, 2.45) is 0 Å². The van der Waals surface area contributed by atoms with E-state index >= 15 is 0 Å². The van der Waals surface area contributed by atoms with Crippen molar-refractivity contribution in [3.8, 4) is 0 Å². The summed E-state index contributed by atoms with van der Waals surface area (Å²) in [7, 11) is 0. The first-order chi connectivity index (χ1) is 9.71. The predicted molar refractivity (Wildman–Crippen MR) is 92.5 cm³/mol. The molecule has 0 unspecified atom stereocenters. The van der Waals surface area contributed by atoms with Crippen molar-refractivity contribution in [1.82, 2.24) is 10.2 Å². The Kier molecular flexibility index (Phi) is 6.15. The fourth-order valence-corrected chi connectivity index (χ4v) is 2.20. The van der Waals surface area contributed by atoms with E-state index in [0.29, 0.717) is 11.7 Å². The second kappa shape index (κ2) is 7.41. The van der Waals surface area contributed by atoms with Gasteiger partial charge in [0.15, 0.2) is 5.11 Å². The topological polar surface area (TPSA) is 44.4 Å². The molecule has 0 atom stereocenters. The number of anilines is 1. The molecule has 0 aliphatic carbocycles. The van der Waals surface area contributed by atoms with Gasteiger partial charge in [-0.15, -0.1) is 0 Å². The van der Waals surface area contributed by atoms with Crippen molar-refractivity contribution >= 4 is 28.9 Å². The summed E-state index contributed by atoms with van der Waals surface area (Å²) in [6.45, 7) is 10.8. The van der Waals surface area contributed by atoms with Gasteiger partial charge in [0.25, 0.3) is 0 Å². The smallest absolute Gasteiger partial charge is 0.240 e. The van der Waals surface area contributed by atoms with Crippen LogP contribution < -0.4 is 10.6 Å². The molecule has 5 heteroatoms. The summed E-state index contributed by atoms with van der Waals surface area (Å²) < 4.78 is 0. The number of nitrogens with one attached hydrogen (secondary N) is 2. The molecule has 0 aliphatic heterocycles. The van der Waals surface area contributed by atoms with Gasteiger partial charge in [0.1, 0.15) is 0 Å². The normalized spacial score (nSPS) is 10.9. The van der Waals surface area contributed by atoms with Crippen LogP contribution in [0.2, 0.25) is 0 Å². The minimum Gasteiger partial charge on any atom is -0.350 e. The van der Waals surface area contributed by atoms with Crippen molar-refractivity contribution < 1.29 is 4.79 Å². The molecular weight excluding hydrogens is 282 g/mol. The van der Waals surface area contributed by atoms with Crippen LogP contribution in [0.25, 0.3) is 0 Å². The molecule has 1 amide bonds. The first-order valence-corrected chi connectivity index (χ1v) is 7.55. The number of benzene rings is 1. The van der Waals surface area contributed by atoms with E-state index in [-0.39, 0.29) is 18.0 Å². The standard InChI is InChI=1S/C16H25N3OS/c1-6-19(11-14(20)18-16(3,4)5)15(21)17-13-9-7-8-12(2)10-13/h7-10H,6,11H2,1-5H3,(H,17,21)(H,18,20). The summed E-state index contributed by atoms with van der Waals surface area (Å²) in [5.41, 5.74) is 1.87. The average Bonchev–Trinajstić information content (AvgIpc) is 2.33. The SMILES string of the molecule is CCN(CC(=O)NC(C)(C)C)C(=S)Nc1cccc(C)c1. The van der Waals surface area contributed by atoms with Crippen LogP contribution >= 0.6 is 12.2 Å². The summed E-state index contributed by atoms with van der Waals surface area (Å²) in [6.07, 6.45) is 0. The maximum absolute atomic E-state index is 12.0. The van der Waals surface area contributed by atoms with E-state index in [1.54, 1.807) is 0 Å². The number of rotatable bonds is 4. The van der Waals surface area contributed by atoms with E-state index in [2.05, 4.69) is 10.6 Å². The lowest BCUT2D eigenvalue weighted by atomic mass is 10.1. The summed E-state index contributed by atoms with van der Waals surface area (Å²) in [5.74, 6) is -0.0299. The number of carbonyl (C=O) groups is 1. The van der Waals surface area contributed by atoms with Gasteiger partial charge in [0.05, 0.1) is 6.54 Å². The highest BCUT2D eigenvalue weighted by molar-refractivity contribution is 7.80. The third-order valence-electron chi connectivity index (χ3n) is 2.79. The third-order valence-corrected chi connectivity index (χ3v) is 3.15. The van der Waals surface area contributed by atoms with Crippen molar-refractivity contribution in [3.63, 3.8) is 0 Å². The Balaban J connectivity index is 2.63. The van der Waals surface area contributed by atoms with Gasteiger partial charge in [-0.05, 0) is 64.5 Å². The Morgan fingerprint density at radius 1 is 1.33 bits per heavy atom. The second-order valence-electron chi connectivity index (χ2n) is 6.11. The molecule has 0 bridgehead atoms. The Morgan fingerprint density at radius 3 is 2.52 bits per heavy atom. The Labute approximate surface area is 132 Å². The summed E-state index contributed by atoms with van der Waals surface area (Å²) in [4.78, 5) is 13.8. The van der Waals surface area contributed by atoms with Crippen molar-refractivity contribution in [3.05, 3.63) is 29.8 Å². The number of amides is 1. The van der Waals surface area contributed by atoms with Gasteiger partial charge in [0.2, 0.25) is 5.91 Å². The van der Waals surface area contributed by atoms with E-state index in [9.17, 15) is 4.79 Å². The highest BCUT2D eigenvalue weighted by Gasteiger charge is 2.17. The van der Waals surface area contributed by atoms with E-state index in [1.165, 1.54) is 0 Å². The Bertz CT molecular complexity index is 508. The number of thiocarbonyl (C=S) groups is 1. The number of likely N-dealkylation sites (N-methyl/N-ethyl adjacent to an activating group) is 1. The van der Waals surface area contributed by atoms with E-state index < -0.39 is 0 Å². The molecule has 0 heterocycles. The van der Waals surface area contributed by atoms with Gasteiger partial charge < -0.3 is 15.5 Å². The number of aryl methyl sites for hydroxylation is 1. The lowest BCUT2D eigenvalue weighted by molar-refractivity contribution is -0.122. The quantitative estimate of drug-likeness (QED) is 0.840. The minimum absolute atomic E-state index is 0.0299. The van der Waals surface area contributed by atoms with Crippen LogP contribution in [0.1, 0.15) is 33.3 Å². The number of hydrogen-bond acceptors (Lipinski definition) is 2. The molecule has 4 nitrogen and oxygen atoms in total. The Morgan fingerprint density at radius 2 is 2.00 bits per heavy atom. The molecule has 0 saturated heterocycles. The van der Waals surface area contributed by atoms with E-state index in [0.717, 1.165) is 11.3 Å². The monoisotopic (exact) mass is 307 g/mol. The first kappa shape index (κ1) is 17.4. The van der Waals surface area contributed by atoms with Crippen LogP contribution in [-0.4, -0.2) is 34.5 Å². The van der Waals surface area contributed by atoms with Crippen LogP contribution in [0.5, 0.6) is 0 Å². The van der Waals surface area contributed by atoms with E-state index in [1.807, 2.05) is 63.8 Å². The molecule has 0 spiro atoms. The van der Waals surface area contributed by atoms with E-state index in [4.69, 9.17) is 12.2 Å². The number of hydrogen-bond donors (Lipinski definition) is 2. The van der Waals surface area contributed by atoms with Crippen molar-refractivity contribution in [1.29, 1.82) is 0 Å². The highest BCUT2D eigenvalue weighted by Crippen LogP contribution is 2.10. The number of carbonyl (C=O) groups excluding carboxylic acids is 1. The van der Waals surface area contributed by atoms with Gasteiger partial charge >= 0.3 is 0 Å². The molecule has 2 N–H and O–H groups in total. The highest BCUT2D eigenvalue weighted by atomic mass is 32.1. The third kappa shape index (κ3) is 6.58. The zero-order valence-corrected chi connectivity index (χ0v) is 14.3. The van der Waals surface area contributed by atoms with Crippen LogP contribution in [-0.2, 0) is 4.79 Å². The largest absolute Gasteiger partial charge is 0.350 e. The lowest BCUT2D eigenvalue weighted by Crippen LogP contribution is -2.48. The van der Waals surface area contributed by atoms with Crippen molar-refractivity contribution in [2.75, 3.05) is 18.4 Å². The van der Waals surface area contributed by atoms with Crippen LogP contribution in [0.15, 0.2) is 24.3 Å². The van der Waals surface area contributed by atoms with Gasteiger partial charge in [-0.25, -0.2) is 0 Å². The van der Waals surface area contributed by atoms with Crippen LogP contribution in [0.3, 0.4) is 0 Å². The summed E-state index contributed by atoms with van der Waals surface area (Å²) in [5, 5.41) is 6.69. The summed E-state index contributed by atoms with van der Waals surface area (Å²) in [6, 6.07) is 7.99. The molecule has 0 saturated carbocycles. The predicted octanol–water partition coefficient (Wildman–Crippen LogP) is 2.93. The maximum atomic E-state index is 12.0. The molecule has 0 radical (unpaired) electrons. The maximum Gasteiger partial charge on any atom is 0.240 e. The zero-order valence-electron chi connectivity index (χ0n) is 13.5. The minimum atomic E-state index is -0.234. The zero-order chi connectivity index (χ0) is 16.0. The fraction of sp³-hybridized carbons (Fsp3) is 0.500. The molecule has 21 heavy (non-hydrogen) atoms. The molecular formula is C16H25N3OS. The number of nitrogens with zero attached hydrogens (tertiary/aromatic N) is 1. The molecule has 116 valence electrons.